The number of hydrogen-bond acceptors (Lipinski definition) is 2. The van der Waals surface area contributed by atoms with Crippen LogP contribution in [0.15, 0.2) is 0 Å². The third-order valence-electron chi connectivity index (χ3n) is 3.33. The van der Waals surface area contributed by atoms with Gasteiger partial charge in [0.2, 0.25) is 0 Å². The van der Waals surface area contributed by atoms with Gasteiger partial charge in [-0.2, -0.15) is 0 Å². The summed E-state index contributed by atoms with van der Waals surface area (Å²) in [6.07, 6.45) is 6.01. The molecule has 0 bridgehead atoms. The van der Waals surface area contributed by atoms with E-state index in [2.05, 4.69) is 22.9 Å². The fraction of sp³-hybridized carbons (Fsp3) is 1.00. The zero-order valence-electron chi connectivity index (χ0n) is 9.93. The molecule has 0 aromatic carbocycles. The lowest BCUT2D eigenvalue weighted by atomic mass is 9.80. The molecule has 1 aliphatic rings. The molecule has 90 valence electrons. The summed E-state index contributed by atoms with van der Waals surface area (Å²) >= 11 is 3.60. The molecule has 15 heavy (non-hydrogen) atoms. The van der Waals surface area contributed by atoms with Crippen LogP contribution in [0.2, 0.25) is 0 Å². The van der Waals surface area contributed by atoms with E-state index in [1.54, 1.807) is 7.11 Å². The van der Waals surface area contributed by atoms with Crippen LogP contribution in [0.25, 0.3) is 0 Å². The molecule has 0 heterocycles. The number of methoxy groups -OCH3 is 1. The molecule has 2 nitrogen and oxygen atoms in total. The zero-order valence-corrected chi connectivity index (χ0v) is 11.5. The van der Waals surface area contributed by atoms with E-state index < -0.39 is 0 Å². The van der Waals surface area contributed by atoms with Crippen molar-refractivity contribution in [3.05, 3.63) is 0 Å². The summed E-state index contributed by atoms with van der Waals surface area (Å²) in [6.45, 7) is 3.96. The predicted molar refractivity (Wildman–Crippen MR) is 66.6 cm³/mol. The van der Waals surface area contributed by atoms with Crippen LogP contribution in [0.4, 0.5) is 0 Å². The van der Waals surface area contributed by atoms with Crippen molar-refractivity contribution < 1.29 is 9.47 Å². The highest BCUT2D eigenvalue weighted by atomic mass is 79.9. The van der Waals surface area contributed by atoms with E-state index in [1.807, 2.05) is 0 Å². The van der Waals surface area contributed by atoms with Crippen LogP contribution in [0.1, 0.15) is 39.0 Å². The summed E-state index contributed by atoms with van der Waals surface area (Å²) in [5.74, 6) is 0.875. The molecule has 0 spiro atoms. The van der Waals surface area contributed by atoms with Gasteiger partial charge in [-0.1, -0.05) is 22.9 Å². The van der Waals surface area contributed by atoms with Gasteiger partial charge in [0.15, 0.2) is 0 Å². The van der Waals surface area contributed by atoms with Crippen molar-refractivity contribution >= 4 is 15.9 Å². The summed E-state index contributed by atoms with van der Waals surface area (Å²) < 4.78 is 11.1. The molecule has 0 saturated heterocycles. The van der Waals surface area contributed by atoms with Crippen molar-refractivity contribution in [2.45, 2.75) is 44.6 Å². The maximum Gasteiger partial charge on any atom is 0.0779 e. The largest absolute Gasteiger partial charge is 0.385 e. The first kappa shape index (κ1) is 13.5. The van der Waals surface area contributed by atoms with Crippen LogP contribution in [0.5, 0.6) is 0 Å². The molecule has 0 atom stereocenters. The van der Waals surface area contributed by atoms with E-state index in [0.29, 0.717) is 0 Å². The predicted octanol–water partition coefficient (Wildman–Crippen LogP) is 3.38. The fourth-order valence-electron chi connectivity index (χ4n) is 2.10. The Labute approximate surface area is 102 Å². The minimum atomic E-state index is 0.111. The molecule has 1 saturated carbocycles. The van der Waals surface area contributed by atoms with E-state index in [1.165, 1.54) is 25.7 Å². The third kappa shape index (κ3) is 4.41. The Balaban J connectivity index is 2.27. The highest BCUT2D eigenvalue weighted by Gasteiger charge is 2.33. The Hall–Kier alpha value is 0.400. The highest BCUT2D eigenvalue weighted by Crippen LogP contribution is 2.36. The van der Waals surface area contributed by atoms with Gasteiger partial charge in [-0.25, -0.2) is 0 Å². The normalized spacial score (nSPS) is 31.8. The molecule has 0 amide bonds. The molecule has 1 fully saturated rings. The Morgan fingerprint density at radius 2 is 1.93 bits per heavy atom. The van der Waals surface area contributed by atoms with E-state index in [4.69, 9.17) is 9.47 Å². The van der Waals surface area contributed by atoms with Crippen molar-refractivity contribution in [2.24, 2.45) is 5.92 Å². The van der Waals surface area contributed by atoms with Crippen molar-refractivity contribution in [1.29, 1.82) is 0 Å². The molecule has 3 heteroatoms. The van der Waals surface area contributed by atoms with Gasteiger partial charge in [0.25, 0.3) is 0 Å². The van der Waals surface area contributed by atoms with Crippen LogP contribution in [0, 0.1) is 5.92 Å². The summed E-state index contributed by atoms with van der Waals surface area (Å²) in [6, 6.07) is 0. The van der Waals surface area contributed by atoms with Gasteiger partial charge >= 0.3 is 0 Å². The Morgan fingerprint density at radius 1 is 1.27 bits per heavy atom. The monoisotopic (exact) mass is 278 g/mol. The fourth-order valence-corrected chi connectivity index (χ4v) is 2.82. The van der Waals surface area contributed by atoms with Gasteiger partial charge in [0.1, 0.15) is 0 Å². The molecular formula is C12H23BrO2. The Kier molecular flexibility index (Phi) is 6.17. The van der Waals surface area contributed by atoms with E-state index in [0.717, 1.165) is 30.9 Å². The van der Waals surface area contributed by atoms with E-state index in [9.17, 15) is 0 Å². The van der Waals surface area contributed by atoms with Crippen LogP contribution in [-0.4, -0.2) is 31.3 Å². The van der Waals surface area contributed by atoms with Gasteiger partial charge in [-0.15, -0.1) is 0 Å². The van der Waals surface area contributed by atoms with Gasteiger partial charge in [-0.3, -0.25) is 0 Å². The lowest BCUT2D eigenvalue weighted by Crippen LogP contribution is -2.39. The smallest absolute Gasteiger partial charge is 0.0779 e. The quantitative estimate of drug-likeness (QED) is 0.548. The lowest BCUT2D eigenvalue weighted by Gasteiger charge is -2.38. The first-order chi connectivity index (χ1) is 7.22. The van der Waals surface area contributed by atoms with Gasteiger partial charge < -0.3 is 9.47 Å². The first-order valence-corrected chi connectivity index (χ1v) is 7.03. The maximum atomic E-state index is 6.04. The average Bonchev–Trinajstić information content (AvgIpc) is 2.28. The maximum absolute atomic E-state index is 6.04. The minimum Gasteiger partial charge on any atom is -0.385 e. The molecule has 0 radical (unpaired) electrons. The highest BCUT2D eigenvalue weighted by molar-refractivity contribution is 9.09. The van der Waals surface area contributed by atoms with Crippen LogP contribution in [-0.2, 0) is 9.47 Å². The Morgan fingerprint density at radius 3 is 2.47 bits per heavy atom. The summed E-state index contributed by atoms with van der Waals surface area (Å²) in [4.78, 5) is 0. The SMILES string of the molecule is COCCCOC1(CBr)CCC(C)CC1. The van der Waals surface area contributed by atoms with Crippen LogP contribution in [0.3, 0.4) is 0 Å². The number of halogens is 1. The second-order valence-corrected chi connectivity index (χ2v) is 5.25. The zero-order chi connectivity index (χ0) is 11.1. The van der Waals surface area contributed by atoms with Crippen molar-refractivity contribution in [3.63, 3.8) is 0 Å². The second-order valence-electron chi connectivity index (χ2n) is 4.69. The summed E-state index contributed by atoms with van der Waals surface area (Å²) in [7, 11) is 1.74. The van der Waals surface area contributed by atoms with Crippen molar-refractivity contribution in [3.8, 4) is 0 Å². The summed E-state index contributed by atoms with van der Waals surface area (Å²) in [5.41, 5.74) is 0.111. The molecule has 0 aromatic rings. The molecule has 0 aliphatic heterocycles. The Bertz CT molecular complexity index is 165. The molecule has 1 rings (SSSR count). The second kappa shape index (κ2) is 6.87. The minimum absolute atomic E-state index is 0.111. The van der Waals surface area contributed by atoms with E-state index in [-0.39, 0.29) is 5.60 Å². The number of hydrogen-bond donors (Lipinski definition) is 0. The number of ether oxygens (including phenoxy) is 2. The average molecular weight is 279 g/mol. The van der Waals surface area contributed by atoms with Gasteiger partial charge in [0, 0.05) is 25.7 Å². The van der Waals surface area contributed by atoms with Crippen LogP contribution >= 0.6 is 15.9 Å². The van der Waals surface area contributed by atoms with Gasteiger partial charge in [-0.05, 0) is 38.0 Å². The molecule has 0 N–H and O–H groups in total. The molecule has 0 aromatic heterocycles. The number of rotatable bonds is 6. The van der Waals surface area contributed by atoms with Crippen molar-refractivity contribution in [2.75, 3.05) is 25.7 Å². The van der Waals surface area contributed by atoms with E-state index >= 15 is 0 Å². The topological polar surface area (TPSA) is 18.5 Å². The third-order valence-corrected chi connectivity index (χ3v) is 4.35. The molecule has 0 unspecified atom stereocenters. The standard InChI is InChI=1S/C12H23BrO2/c1-11-4-6-12(10-13,7-5-11)15-9-3-8-14-2/h11H,3-10H2,1-2H3. The van der Waals surface area contributed by atoms with Crippen molar-refractivity contribution in [1.82, 2.24) is 0 Å². The molecule has 1 aliphatic carbocycles. The van der Waals surface area contributed by atoms with Crippen LogP contribution < -0.4 is 0 Å². The number of alkyl halides is 1. The first-order valence-electron chi connectivity index (χ1n) is 5.91. The van der Waals surface area contributed by atoms with Gasteiger partial charge in [0.05, 0.1) is 5.60 Å². The lowest BCUT2D eigenvalue weighted by molar-refractivity contribution is -0.0632. The summed E-state index contributed by atoms with van der Waals surface area (Å²) in [5, 5.41) is 0.972. The molecular weight excluding hydrogens is 256 g/mol.